The number of carbonyl (C=O) groups is 2. The standard InChI is InChI=1S/C15H9F6N3O3/c16-9-5-22-6-10(17)11(9)12(25)24-14(26)23-7-1-3-8(4-2-7)27-13(18)15(19,20)21/h1-6,13H,(H2,23,24,25,26). The van der Waals surface area contributed by atoms with Gasteiger partial charge in [0.1, 0.15) is 11.3 Å². The highest BCUT2D eigenvalue weighted by atomic mass is 19.4. The molecule has 0 saturated heterocycles. The van der Waals surface area contributed by atoms with Gasteiger partial charge in [-0.1, -0.05) is 0 Å². The topological polar surface area (TPSA) is 80.3 Å². The monoisotopic (exact) mass is 393 g/mol. The summed E-state index contributed by atoms with van der Waals surface area (Å²) >= 11 is 0. The van der Waals surface area contributed by atoms with Crippen LogP contribution < -0.4 is 15.4 Å². The Hall–Kier alpha value is -3.31. The maximum Gasteiger partial charge on any atom is 0.457 e. The Bertz CT molecular complexity index is 821. The average Bonchev–Trinajstić information content (AvgIpc) is 2.55. The van der Waals surface area contributed by atoms with E-state index in [0.717, 1.165) is 24.3 Å². The minimum absolute atomic E-state index is 0.0225. The second-order valence-electron chi connectivity index (χ2n) is 4.89. The zero-order valence-corrected chi connectivity index (χ0v) is 13.0. The zero-order valence-electron chi connectivity index (χ0n) is 13.0. The van der Waals surface area contributed by atoms with Crippen LogP contribution in [0.2, 0.25) is 0 Å². The summed E-state index contributed by atoms with van der Waals surface area (Å²) in [5.74, 6) is -4.42. The third-order valence-electron chi connectivity index (χ3n) is 2.92. The maximum atomic E-state index is 13.4. The van der Waals surface area contributed by atoms with Crippen molar-refractivity contribution in [3.63, 3.8) is 0 Å². The zero-order chi connectivity index (χ0) is 20.2. The summed E-state index contributed by atoms with van der Waals surface area (Å²) in [5, 5.41) is 3.75. The molecule has 0 aliphatic heterocycles. The molecule has 1 aromatic carbocycles. The van der Waals surface area contributed by atoms with Crippen LogP contribution in [-0.2, 0) is 0 Å². The molecule has 0 bridgehead atoms. The van der Waals surface area contributed by atoms with E-state index < -0.39 is 47.4 Å². The van der Waals surface area contributed by atoms with E-state index in [1.165, 1.54) is 0 Å². The first-order valence-electron chi connectivity index (χ1n) is 6.96. The van der Waals surface area contributed by atoms with Crippen molar-refractivity contribution >= 4 is 17.6 Å². The number of aromatic nitrogens is 1. The third-order valence-corrected chi connectivity index (χ3v) is 2.92. The maximum absolute atomic E-state index is 13.4. The molecule has 0 radical (unpaired) electrons. The molecule has 144 valence electrons. The van der Waals surface area contributed by atoms with Crippen molar-refractivity contribution in [2.75, 3.05) is 5.32 Å². The number of ether oxygens (including phenoxy) is 1. The lowest BCUT2D eigenvalue weighted by molar-refractivity contribution is -0.236. The lowest BCUT2D eigenvalue weighted by Crippen LogP contribution is -2.35. The Kier molecular flexibility index (Phi) is 5.88. The van der Waals surface area contributed by atoms with Gasteiger partial charge < -0.3 is 10.1 Å². The number of nitrogens with one attached hydrogen (secondary N) is 2. The van der Waals surface area contributed by atoms with Crippen molar-refractivity contribution in [2.24, 2.45) is 0 Å². The fourth-order valence-corrected chi connectivity index (χ4v) is 1.76. The van der Waals surface area contributed by atoms with E-state index in [0.29, 0.717) is 12.4 Å². The highest BCUT2D eigenvalue weighted by Crippen LogP contribution is 2.26. The molecular formula is C15H9F6N3O3. The lowest BCUT2D eigenvalue weighted by atomic mass is 10.2. The molecule has 6 nitrogen and oxygen atoms in total. The Morgan fingerprint density at radius 2 is 1.59 bits per heavy atom. The van der Waals surface area contributed by atoms with Gasteiger partial charge in [-0.15, -0.1) is 0 Å². The number of carbonyl (C=O) groups excluding carboxylic acids is 2. The Labute approximate surface area is 147 Å². The third kappa shape index (κ3) is 5.33. The highest BCUT2D eigenvalue weighted by molar-refractivity contribution is 6.08. The minimum Gasteiger partial charge on any atom is -0.452 e. The predicted molar refractivity (Wildman–Crippen MR) is 78.7 cm³/mol. The Morgan fingerprint density at radius 1 is 1.04 bits per heavy atom. The van der Waals surface area contributed by atoms with Gasteiger partial charge in [0.15, 0.2) is 11.6 Å². The number of halogens is 6. The van der Waals surface area contributed by atoms with Crippen molar-refractivity contribution in [3.05, 3.63) is 53.9 Å². The smallest absolute Gasteiger partial charge is 0.452 e. The number of pyridine rings is 1. The van der Waals surface area contributed by atoms with Crippen molar-refractivity contribution in [1.82, 2.24) is 10.3 Å². The molecule has 1 unspecified atom stereocenters. The summed E-state index contributed by atoms with van der Waals surface area (Å²) in [6.45, 7) is 0. The summed E-state index contributed by atoms with van der Waals surface area (Å²) in [5.41, 5.74) is -1.05. The number of rotatable bonds is 4. The normalized spacial score (nSPS) is 12.2. The fourth-order valence-electron chi connectivity index (χ4n) is 1.76. The predicted octanol–water partition coefficient (Wildman–Crippen LogP) is 3.56. The first-order valence-corrected chi connectivity index (χ1v) is 6.96. The molecule has 1 atom stereocenters. The summed E-state index contributed by atoms with van der Waals surface area (Å²) in [6.07, 6.45) is -7.57. The highest BCUT2D eigenvalue weighted by Gasteiger charge is 2.42. The van der Waals surface area contributed by atoms with Crippen LogP contribution in [0.15, 0.2) is 36.7 Å². The molecule has 2 N–H and O–H groups in total. The summed E-state index contributed by atoms with van der Waals surface area (Å²) in [4.78, 5) is 26.6. The van der Waals surface area contributed by atoms with Crippen LogP contribution in [0.5, 0.6) is 5.75 Å². The number of benzene rings is 1. The molecule has 2 rings (SSSR count). The second-order valence-corrected chi connectivity index (χ2v) is 4.89. The number of anilines is 1. The second kappa shape index (κ2) is 7.93. The molecule has 2 aromatic rings. The van der Waals surface area contributed by atoms with Crippen molar-refractivity contribution in [3.8, 4) is 5.75 Å². The van der Waals surface area contributed by atoms with Crippen LogP contribution >= 0.6 is 0 Å². The first kappa shape index (κ1) is 20.0. The van der Waals surface area contributed by atoms with Crippen LogP contribution in [0.3, 0.4) is 0 Å². The van der Waals surface area contributed by atoms with Gasteiger partial charge in [0.05, 0.1) is 12.4 Å². The van der Waals surface area contributed by atoms with Gasteiger partial charge in [0, 0.05) is 5.69 Å². The molecule has 0 aliphatic rings. The van der Waals surface area contributed by atoms with Gasteiger partial charge in [0.25, 0.3) is 5.91 Å². The summed E-state index contributed by atoms with van der Waals surface area (Å²) in [6, 6.07) is 2.78. The van der Waals surface area contributed by atoms with Gasteiger partial charge in [-0.05, 0) is 24.3 Å². The van der Waals surface area contributed by atoms with Gasteiger partial charge >= 0.3 is 18.6 Å². The van der Waals surface area contributed by atoms with Crippen LogP contribution in [0.4, 0.5) is 36.8 Å². The van der Waals surface area contributed by atoms with E-state index >= 15 is 0 Å². The number of imide groups is 1. The Balaban J connectivity index is 1.97. The summed E-state index contributed by atoms with van der Waals surface area (Å²) in [7, 11) is 0. The molecular weight excluding hydrogens is 384 g/mol. The van der Waals surface area contributed by atoms with E-state index in [1.807, 2.05) is 0 Å². The fraction of sp³-hybridized carbons (Fsp3) is 0.133. The number of urea groups is 1. The molecule has 0 aliphatic carbocycles. The average molecular weight is 393 g/mol. The van der Waals surface area contributed by atoms with Crippen molar-refractivity contribution < 1.29 is 40.7 Å². The number of alkyl halides is 4. The minimum atomic E-state index is -5.20. The SMILES string of the molecule is O=C(NC(=O)c1c(F)cncc1F)Nc1ccc(OC(F)C(F)(F)F)cc1. The van der Waals surface area contributed by atoms with E-state index in [4.69, 9.17) is 0 Å². The molecule has 0 spiro atoms. The molecule has 12 heteroatoms. The van der Waals surface area contributed by atoms with Crippen LogP contribution in [-0.4, -0.2) is 29.5 Å². The first-order chi connectivity index (χ1) is 12.6. The molecule has 0 fully saturated rings. The van der Waals surface area contributed by atoms with E-state index in [2.05, 4.69) is 15.0 Å². The van der Waals surface area contributed by atoms with E-state index in [-0.39, 0.29) is 5.69 Å². The summed E-state index contributed by atoms with van der Waals surface area (Å²) < 4.78 is 79.7. The molecule has 0 saturated carbocycles. The molecule has 27 heavy (non-hydrogen) atoms. The van der Waals surface area contributed by atoms with Gasteiger partial charge in [0.2, 0.25) is 0 Å². The lowest BCUT2D eigenvalue weighted by Gasteiger charge is -2.14. The number of amides is 3. The largest absolute Gasteiger partial charge is 0.457 e. The van der Waals surface area contributed by atoms with E-state index in [1.54, 1.807) is 5.32 Å². The van der Waals surface area contributed by atoms with Crippen LogP contribution in [0, 0.1) is 11.6 Å². The quantitative estimate of drug-likeness (QED) is 0.779. The van der Waals surface area contributed by atoms with Gasteiger partial charge in [-0.2, -0.15) is 17.6 Å². The number of nitrogens with zero attached hydrogens (tertiary/aromatic N) is 1. The Morgan fingerprint density at radius 3 is 2.11 bits per heavy atom. The molecule has 1 aromatic heterocycles. The van der Waals surface area contributed by atoms with Gasteiger partial charge in [-0.25, -0.2) is 13.6 Å². The van der Waals surface area contributed by atoms with Crippen molar-refractivity contribution in [1.29, 1.82) is 0 Å². The van der Waals surface area contributed by atoms with Crippen molar-refractivity contribution in [2.45, 2.75) is 12.5 Å². The van der Waals surface area contributed by atoms with E-state index in [9.17, 15) is 35.9 Å². The van der Waals surface area contributed by atoms with Gasteiger partial charge in [-0.3, -0.25) is 15.1 Å². The number of hydrogen-bond donors (Lipinski definition) is 2. The van der Waals surface area contributed by atoms with Crippen LogP contribution in [0.1, 0.15) is 10.4 Å². The molecule has 3 amide bonds. The molecule has 1 heterocycles. The number of hydrogen-bond acceptors (Lipinski definition) is 4. The van der Waals surface area contributed by atoms with Crippen LogP contribution in [0.25, 0.3) is 0 Å².